The van der Waals surface area contributed by atoms with Crippen LogP contribution in [0.4, 0.5) is 5.69 Å². The van der Waals surface area contributed by atoms with Crippen molar-refractivity contribution in [3.63, 3.8) is 0 Å². The van der Waals surface area contributed by atoms with Crippen molar-refractivity contribution in [3.05, 3.63) is 53.3 Å². The molecule has 1 amide bonds. The van der Waals surface area contributed by atoms with Gasteiger partial charge >= 0.3 is 0 Å². The van der Waals surface area contributed by atoms with Crippen LogP contribution in [0.15, 0.2) is 41.6 Å². The molecular formula is C17H17N3O3S. The Bertz CT molecular complexity index is 910. The summed E-state index contributed by atoms with van der Waals surface area (Å²) >= 11 is 0. The van der Waals surface area contributed by atoms with Gasteiger partial charge in [0.05, 0.1) is 10.6 Å². The second kappa shape index (κ2) is 5.68. The zero-order valence-corrected chi connectivity index (χ0v) is 13.8. The van der Waals surface area contributed by atoms with Gasteiger partial charge in [0.25, 0.3) is 0 Å². The summed E-state index contributed by atoms with van der Waals surface area (Å²) in [4.78, 5) is 17.9. The van der Waals surface area contributed by atoms with Gasteiger partial charge in [-0.3, -0.25) is 9.78 Å². The number of anilines is 1. The molecule has 0 aliphatic carbocycles. The molecule has 7 heteroatoms. The molecule has 0 unspecified atom stereocenters. The van der Waals surface area contributed by atoms with Crippen LogP contribution in [-0.4, -0.2) is 25.9 Å². The topological polar surface area (TPSA) is 79.4 Å². The van der Waals surface area contributed by atoms with Gasteiger partial charge in [-0.25, -0.2) is 13.1 Å². The lowest BCUT2D eigenvalue weighted by atomic mass is 10.00. The van der Waals surface area contributed by atoms with E-state index in [2.05, 4.69) is 9.71 Å². The third kappa shape index (κ3) is 2.59. The van der Waals surface area contributed by atoms with Gasteiger partial charge in [-0.05, 0) is 53.8 Å². The Kier molecular flexibility index (Phi) is 3.62. The summed E-state index contributed by atoms with van der Waals surface area (Å²) in [7, 11) is -3.59. The van der Waals surface area contributed by atoms with Crippen molar-refractivity contribution in [1.29, 1.82) is 0 Å². The number of aryl methyl sites for hydroxylation is 1. The van der Waals surface area contributed by atoms with Gasteiger partial charge in [-0.15, -0.1) is 0 Å². The zero-order chi connectivity index (χ0) is 16.7. The molecule has 0 saturated carbocycles. The van der Waals surface area contributed by atoms with Crippen molar-refractivity contribution in [2.75, 3.05) is 11.4 Å². The fourth-order valence-electron chi connectivity index (χ4n) is 3.34. The van der Waals surface area contributed by atoms with E-state index in [4.69, 9.17) is 0 Å². The van der Waals surface area contributed by atoms with Gasteiger partial charge in [-0.2, -0.15) is 0 Å². The van der Waals surface area contributed by atoms with Crippen LogP contribution < -0.4 is 9.62 Å². The van der Waals surface area contributed by atoms with E-state index in [0.29, 0.717) is 25.8 Å². The number of nitrogens with zero attached hydrogens (tertiary/aromatic N) is 2. The van der Waals surface area contributed by atoms with Crippen molar-refractivity contribution in [1.82, 2.24) is 9.71 Å². The van der Waals surface area contributed by atoms with Crippen molar-refractivity contribution in [3.8, 4) is 0 Å². The van der Waals surface area contributed by atoms with E-state index in [-0.39, 0.29) is 17.3 Å². The molecule has 6 nitrogen and oxygen atoms in total. The highest BCUT2D eigenvalue weighted by Gasteiger charge is 2.32. The van der Waals surface area contributed by atoms with Crippen LogP contribution in [0.2, 0.25) is 0 Å². The lowest BCUT2D eigenvalue weighted by molar-refractivity contribution is -0.118. The fraction of sp³-hybridized carbons (Fsp3) is 0.294. The van der Waals surface area contributed by atoms with E-state index >= 15 is 0 Å². The van der Waals surface area contributed by atoms with Gasteiger partial charge in [-0.1, -0.05) is 0 Å². The Morgan fingerprint density at radius 1 is 1.08 bits per heavy atom. The minimum Gasteiger partial charge on any atom is -0.312 e. The molecule has 2 aromatic rings. The molecule has 0 fully saturated rings. The Labute approximate surface area is 140 Å². The molecule has 2 aliphatic rings. The molecule has 1 aromatic heterocycles. The first-order valence-electron chi connectivity index (χ1n) is 7.89. The minimum absolute atomic E-state index is 0.132. The fourth-order valence-corrected chi connectivity index (χ4v) is 4.46. The zero-order valence-electron chi connectivity index (χ0n) is 13.0. The van der Waals surface area contributed by atoms with Crippen molar-refractivity contribution in [2.45, 2.75) is 30.7 Å². The number of sulfonamides is 1. The Balaban J connectivity index is 1.64. The first-order valence-corrected chi connectivity index (χ1v) is 9.38. The average molecular weight is 343 g/mol. The summed E-state index contributed by atoms with van der Waals surface area (Å²) in [6, 6.07) is 6.96. The molecule has 3 heterocycles. The van der Waals surface area contributed by atoms with Crippen molar-refractivity contribution >= 4 is 21.6 Å². The van der Waals surface area contributed by atoms with E-state index in [0.717, 1.165) is 22.4 Å². The summed E-state index contributed by atoms with van der Waals surface area (Å²) in [5.74, 6) is 0.132. The van der Waals surface area contributed by atoms with E-state index in [1.807, 2.05) is 0 Å². The van der Waals surface area contributed by atoms with Crippen LogP contribution in [0.5, 0.6) is 0 Å². The number of rotatable bonds is 4. The lowest BCUT2D eigenvalue weighted by Crippen LogP contribution is -2.33. The Hall–Kier alpha value is -2.25. The molecule has 0 radical (unpaired) electrons. The molecule has 0 bridgehead atoms. The summed E-state index contributed by atoms with van der Waals surface area (Å²) in [6.45, 7) is 0.872. The standard InChI is InChI=1S/C17H17N3O3S/c21-16-2-1-13-9-15(10-14-5-8-20(16)17(13)14)24(22,23)19-11-12-3-6-18-7-4-12/h3-4,6-7,9-10,19H,1-2,5,8,11H2. The first kappa shape index (κ1) is 15.3. The lowest BCUT2D eigenvalue weighted by Gasteiger charge is -2.25. The van der Waals surface area contributed by atoms with E-state index < -0.39 is 10.0 Å². The number of benzene rings is 1. The molecule has 24 heavy (non-hydrogen) atoms. The minimum atomic E-state index is -3.59. The van der Waals surface area contributed by atoms with Gasteiger partial charge in [0, 0.05) is 31.9 Å². The second-order valence-electron chi connectivity index (χ2n) is 6.07. The van der Waals surface area contributed by atoms with Crippen LogP contribution in [0.3, 0.4) is 0 Å². The van der Waals surface area contributed by atoms with E-state index in [1.54, 1.807) is 41.6 Å². The summed E-state index contributed by atoms with van der Waals surface area (Å²) in [5.41, 5.74) is 3.69. The maximum Gasteiger partial charge on any atom is 0.240 e. The second-order valence-corrected chi connectivity index (χ2v) is 7.83. The molecule has 1 N–H and O–H groups in total. The maximum atomic E-state index is 12.6. The SMILES string of the molecule is O=C1CCc2cc(S(=O)(=O)NCc3ccncc3)cc3c2N1CC3. The molecule has 0 atom stereocenters. The number of amides is 1. The molecule has 0 spiro atoms. The number of hydrogen-bond acceptors (Lipinski definition) is 4. The maximum absolute atomic E-state index is 12.6. The monoisotopic (exact) mass is 343 g/mol. The van der Waals surface area contributed by atoms with Crippen molar-refractivity contribution < 1.29 is 13.2 Å². The predicted octanol–water partition coefficient (Wildman–Crippen LogP) is 1.40. The van der Waals surface area contributed by atoms with Gasteiger partial charge < -0.3 is 4.90 Å². The van der Waals surface area contributed by atoms with Gasteiger partial charge in [0.2, 0.25) is 15.9 Å². The summed E-state index contributed by atoms with van der Waals surface area (Å²) < 4.78 is 27.9. The number of aromatic nitrogens is 1. The summed E-state index contributed by atoms with van der Waals surface area (Å²) in [6.07, 6.45) is 5.02. The average Bonchev–Trinajstić information content (AvgIpc) is 3.03. The first-order chi connectivity index (χ1) is 11.5. The Morgan fingerprint density at radius 2 is 1.79 bits per heavy atom. The molecular weight excluding hydrogens is 326 g/mol. The largest absolute Gasteiger partial charge is 0.312 e. The third-order valence-electron chi connectivity index (χ3n) is 4.55. The Morgan fingerprint density at radius 3 is 2.54 bits per heavy atom. The number of pyridine rings is 1. The van der Waals surface area contributed by atoms with Crippen LogP contribution in [0, 0.1) is 0 Å². The number of carbonyl (C=O) groups is 1. The van der Waals surface area contributed by atoms with Crippen LogP contribution >= 0.6 is 0 Å². The predicted molar refractivity (Wildman–Crippen MR) is 89.1 cm³/mol. The van der Waals surface area contributed by atoms with Crippen LogP contribution in [-0.2, 0) is 34.2 Å². The van der Waals surface area contributed by atoms with Crippen LogP contribution in [0.1, 0.15) is 23.1 Å². The molecule has 1 aromatic carbocycles. The normalized spacial score (nSPS) is 16.3. The number of nitrogens with one attached hydrogen (secondary N) is 1. The van der Waals surface area contributed by atoms with E-state index in [1.165, 1.54) is 0 Å². The molecule has 124 valence electrons. The number of hydrogen-bond donors (Lipinski definition) is 1. The third-order valence-corrected chi connectivity index (χ3v) is 5.93. The van der Waals surface area contributed by atoms with Gasteiger partial charge in [0.15, 0.2) is 0 Å². The molecule has 0 saturated heterocycles. The highest BCUT2D eigenvalue weighted by atomic mass is 32.2. The van der Waals surface area contributed by atoms with E-state index in [9.17, 15) is 13.2 Å². The van der Waals surface area contributed by atoms with Crippen LogP contribution in [0.25, 0.3) is 0 Å². The number of carbonyl (C=O) groups excluding carboxylic acids is 1. The molecule has 4 rings (SSSR count). The highest BCUT2D eigenvalue weighted by Crippen LogP contribution is 2.38. The smallest absolute Gasteiger partial charge is 0.240 e. The molecule has 2 aliphatic heterocycles. The summed E-state index contributed by atoms with van der Waals surface area (Å²) in [5, 5.41) is 0. The quantitative estimate of drug-likeness (QED) is 0.910. The highest BCUT2D eigenvalue weighted by molar-refractivity contribution is 7.89. The van der Waals surface area contributed by atoms with Crippen molar-refractivity contribution in [2.24, 2.45) is 0 Å². The van der Waals surface area contributed by atoms with Gasteiger partial charge in [0.1, 0.15) is 0 Å².